The maximum atomic E-state index is 12.6. The van der Waals surface area contributed by atoms with Gasteiger partial charge < -0.3 is 15.2 Å². The molecular weight excluding hydrogens is 330 g/mol. The van der Waals surface area contributed by atoms with Crippen LogP contribution < -0.4 is 5.32 Å². The van der Waals surface area contributed by atoms with E-state index in [-0.39, 0.29) is 24.9 Å². The zero-order valence-corrected chi connectivity index (χ0v) is 15.4. The number of carboxylic acid groups (broad SMARTS) is 1. The van der Waals surface area contributed by atoms with Crippen molar-refractivity contribution < 1.29 is 19.4 Å². The Kier molecular flexibility index (Phi) is 4.76. The van der Waals surface area contributed by atoms with E-state index in [1.807, 2.05) is 63.2 Å². The van der Waals surface area contributed by atoms with Crippen molar-refractivity contribution in [2.45, 2.75) is 45.3 Å². The lowest BCUT2D eigenvalue weighted by Gasteiger charge is -2.58. The highest BCUT2D eigenvalue weighted by Gasteiger charge is 2.66. The van der Waals surface area contributed by atoms with E-state index < -0.39 is 16.9 Å². The number of rotatable bonds is 6. The first-order chi connectivity index (χ1) is 12.3. The number of fused-ring (bicyclic) bond motifs is 1. The zero-order chi connectivity index (χ0) is 18.9. The van der Waals surface area contributed by atoms with Crippen molar-refractivity contribution in [3.8, 4) is 0 Å². The average Bonchev–Trinajstić information content (AvgIpc) is 2.60. The van der Waals surface area contributed by atoms with Crippen molar-refractivity contribution in [3.63, 3.8) is 0 Å². The predicted molar refractivity (Wildman–Crippen MR) is 100.0 cm³/mol. The summed E-state index contributed by atoms with van der Waals surface area (Å²) >= 11 is 0. The Morgan fingerprint density at radius 3 is 2.50 bits per heavy atom. The lowest BCUT2D eigenvalue weighted by molar-refractivity contribution is -0.194. The second-order valence-electron chi connectivity index (χ2n) is 7.49. The second kappa shape index (κ2) is 6.72. The van der Waals surface area contributed by atoms with E-state index in [9.17, 15) is 14.7 Å². The van der Waals surface area contributed by atoms with E-state index in [4.69, 9.17) is 4.74 Å². The minimum atomic E-state index is -1.29. The molecule has 1 fully saturated rings. The van der Waals surface area contributed by atoms with Crippen molar-refractivity contribution in [3.05, 3.63) is 48.0 Å². The standard InChI is InChI=1S/C21H25NO4/c1-4-26-17-13-21(19(24)25,20(17,2)3)22-18(23)12-14-9-10-15-7-5-6-8-16(15)11-14/h5-11,17H,4,12-13H2,1-3H3,(H,22,23)(H,24,25). The number of hydrogen-bond acceptors (Lipinski definition) is 3. The number of ether oxygens (including phenoxy) is 1. The number of nitrogens with one attached hydrogen (secondary N) is 1. The Morgan fingerprint density at radius 1 is 1.19 bits per heavy atom. The van der Waals surface area contributed by atoms with Crippen LogP contribution >= 0.6 is 0 Å². The first kappa shape index (κ1) is 18.4. The van der Waals surface area contributed by atoms with Crippen LogP contribution in [0.2, 0.25) is 0 Å². The topological polar surface area (TPSA) is 75.6 Å². The van der Waals surface area contributed by atoms with Crippen LogP contribution in [0.5, 0.6) is 0 Å². The summed E-state index contributed by atoms with van der Waals surface area (Å²) in [7, 11) is 0. The smallest absolute Gasteiger partial charge is 0.330 e. The molecule has 1 saturated carbocycles. The highest BCUT2D eigenvalue weighted by Crippen LogP contribution is 2.51. The third-order valence-electron chi connectivity index (χ3n) is 5.66. The third kappa shape index (κ3) is 2.97. The quantitative estimate of drug-likeness (QED) is 0.835. The van der Waals surface area contributed by atoms with Crippen molar-refractivity contribution >= 4 is 22.6 Å². The average molecular weight is 355 g/mol. The molecule has 2 aromatic carbocycles. The Morgan fingerprint density at radius 2 is 1.88 bits per heavy atom. The molecule has 0 saturated heterocycles. The summed E-state index contributed by atoms with van der Waals surface area (Å²) in [5.74, 6) is -1.30. The molecule has 0 heterocycles. The van der Waals surface area contributed by atoms with E-state index in [2.05, 4.69) is 5.32 Å². The summed E-state index contributed by atoms with van der Waals surface area (Å²) in [5, 5.41) is 14.7. The van der Waals surface area contributed by atoms with Gasteiger partial charge in [-0.3, -0.25) is 4.79 Å². The van der Waals surface area contributed by atoms with Crippen LogP contribution in [-0.4, -0.2) is 35.2 Å². The Balaban J connectivity index is 1.75. The molecule has 2 atom stereocenters. The molecule has 2 aromatic rings. The van der Waals surface area contributed by atoms with Crippen LogP contribution in [-0.2, 0) is 20.7 Å². The number of carboxylic acids is 1. The molecule has 0 spiro atoms. The summed E-state index contributed by atoms with van der Waals surface area (Å²) in [6, 6.07) is 13.8. The zero-order valence-electron chi connectivity index (χ0n) is 15.4. The molecule has 2 N–H and O–H groups in total. The molecule has 0 radical (unpaired) electrons. The van der Waals surface area contributed by atoms with Gasteiger partial charge in [-0.15, -0.1) is 0 Å². The lowest BCUT2D eigenvalue weighted by atomic mass is 9.54. The van der Waals surface area contributed by atoms with Crippen molar-refractivity contribution in [1.29, 1.82) is 0 Å². The van der Waals surface area contributed by atoms with Crippen LogP contribution in [0.15, 0.2) is 42.5 Å². The minimum absolute atomic E-state index is 0.148. The van der Waals surface area contributed by atoms with Gasteiger partial charge in [0.15, 0.2) is 0 Å². The van der Waals surface area contributed by atoms with Gasteiger partial charge in [0.05, 0.1) is 12.5 Å². The maximum absolute atomic E-state index is 12.6. The molecule has 1 amide bonds. The normalized spacial score (nSPS) is 24.0. The van der Waals surface area contributed by atoms with Gasteiger partial charge >= 0.3 is 5.97 Å². The van der Waals surface area contributed by atoms with Gasteiger partial charge in [0.25, 0.3) is 0 Å². The Bertz CT molecular complexity index is 845. The summed E-state index contributed by atoms with van der Waals surface area (Å²) in [6.45, 7) is 6.08. The molecule has 2 unspecified atom stereocenters. The first-order valence-corrected chi connectivity index (χ1v) is 8.94. The molecule has 1 aliphatic carbocycles. The number of amides is 1. The fourth-order valence-corrected chi connectivity index (χ4v) is 3.85. The number of carbonyl (C=O) groups excluding carboxylic acids is 1. The summed E-state index contributed by atoms with van der Waals surface area (Å²) in [5.41, 5.74) is -1.10. The maximum Gasteiger partial charge on any atom is 0.330 e. The van der Waals surface area contributed by atoms with Gasteiger partial charge in [-0.1, -0.05) is 56.3 Å². The molecule has 5 heteroatoms. The van der Waals surface area contributed by atoms with Gasteiger partial charge in [-0.2, -0.15) is 0 Å². The summed E-state index contributed by atoms with van der Waals surface area (Å²) in [6.07, 6.45) is 0.256. The van der Waals surface area contributed by atoms with Crippen LogP contribution in [0.25, 0.3) is 10.8 Å². The van der Waals surface area contributed by atoms with Crippen molar-refractivity contribution in [1.82, 2.24) is 5.32 Å². The van der Waals surface area contributed by atoms with E-state index in [1.165, 1.54) is 0 Å². The summed E-state index contributed by atoms with van der Waals surface area (Å²) < 4.78 is 5.63. The fourth-order valence-electron chi connectivity index (χ4n) is 3.85. The summed E-state index contributed by atoms with van der Waals surface area (Å²) in [4.78, 5) is 24.6. The SMILES string of the molecule is CCOC1CC(NC(=O)Cc2ccc3ccccc3c2)(C(=O)O)C1(C)C. The van der Waals surface area contributed by atoms with Gasteiger partial charge in [0.1, 0.15) is 5.54 Å². The highest BCUT2D eigenvalue weighted by molar-refractivity contribution is 5.91. The number of aliphatic carboxylic acids is 1. The molecule has 0 aliphatic heterocycles. The van der Waals surface area contributed by atoms with Crippen molar-refractivity contribution in [2.24, 2.45) is 5.41 Å². The Labute approximate surface area is 153 Å². The minimum Gasteiger partial charge on any atom is -0.479 e. The molecule has 26 heavy (non-hydrogen) atoms. The number of carbonyl (C=O) groups is 2. The monoisotopic (exact) mass is 355 g/mol. The first-order valence-electron chi connectivity index (χ1n) is 8.94. The molecule has 0 bridgehead atoms. The van der Waals surface area contributed by atoms with E-state index in [0.29, 0.717) is 6.61 Å². The van der Waals surface area contributed by atoms with E-state index >= 15 is 0 Å². The number of benzene rings is 2. The van der Waals surface area contributed by atoms with E-state index in [0.717, 1.165) is 16.3 Å². The van der Waals surface area contributed by atoms with Gasteiger partial charge in [-0.25, -0.2) is 4.79 Å². The molecule has 5 nitrogen and oxygen atoms in total. The lowest BCUT2D eigenvalue weighted by Crippen LogP contribution is -2.76. The molecule has 3 rings (SSSR count). The largest absolute Gasteiger partial charge is 0.479 e. The molecule has 138 valence electrons. The van der Waals surface area contributed by atoms with E-state index in [1.54, 1.807) is 0 Å². The van der Waals surface area contributed by atoms with Gasteiger partial charge in [0.2, 0.25) is 5.91 Å². The Hall–Kier alpha value is -2.40. The molecular formula is C21H25NO4. The molecule has 0 aromatic heterocycles. The van der Waals surface area contributed by atoms with Gasteiger partial charge in [-0.05, 0) is 23.3 Å². The van der Waals surface area contributed by atoms with Crippen LogP contribution in [0, 0.1) is 5.41 Å². The van der Waals surface area contributed by atoms with Crippen LogP contribution in [0.1, 0.15) is 32.8 Å². The number of hydrogen-bond donors (Lipinski definition) is 2. The fraction of sp³-hybridized carbons (Fsp3) is 0.429. The highest BCUT2D eigenvalue weighted by atomic mass is 16.5. The molecule has 1 aliphatic rings. The van der Waals surface area contributed by atoms with Crippen molar-refractivity contribution in [2.75, 3.05) is 6.61 Å². The van der Waals surface area contributed by atoms with Crippen LogP contribution in [0.4, 0.5) is 0 Å². The van der Waals surface area contributed by atoms with Gasteiger partial charge in [0, 0.05) is 18.4 Å². The van der Waals surface area contributed by atoms with Crippen LogP contribution in [0.3, 0.4) is 0 Å². The second-order valence-corrected chi connectivity index (χ2v) is 7.49. The predicted octanol–water partition coefficient (Wildman–Crippen LogP) is 3.16. The third-order valence-corrected chi connectivity index (χ3v) is 5.66.